The van der Waals surface area contributed by atoms with Crippen molar-refractivity contribution >= 4 is 33.7 Å². The average Bonchev–Trinajstić information content (AvgIpc) is 1.69. The van der Waals surface area contributed by atoms with Crippen LogP contribution in [0, 0.1) is 0 Å². The van der Waals surface area contributed by atoms with E-state index in [1.807, 2.05) is 177 Å². The summed E-state index contributed by atoms with van der Waals surface area (Å²) in [6.07, 6.45) is 3.01. The third-order valence-corrected chi connectivity index (χ3v) is 17.9. The topological polar surface area (TPSA) is 235 Å². The van der Waals surface area contributed by atoms with E-state index < -0.39 is 89.0 Å². The van der Waals surface area contributed by atoms with Crippen molar-refractivity contribution in [3.8, 4) is 46.0 Å². The van der Waals surface area contributed by atoms with Crippen LogP contribution < -0.4 is 58.6 Å². The van der Waals surface area contributed by atoms with Crippen LogP contribution in [0.1, 0.15) is 89.0 Å². The third kappa shape index (κ3) is 11.6. The number of rotatable bonds is 0. The molecule has 3 fully saturated rings. The summed E-state index contributed by atoms with van der Waals surface area (Å²) in [5.41, 5.74) is 7.87. The van der Waals surface area contributed by atoms with E-state index in [0.29, 0.717) is 135 Å². The molecule has 2 aromatic heterocycles. The number of hydrogen-bond acceptors (Lipinski definition) is 20. The van der Waals surface area contributed by atoms with Gasteiger partial charge in [0.2, 0.25) is 0 Å². The Bertz CT molecular complexity index is 4190. The summed E-state index contributed by atoms with van der Waals surface area (Å²) in [6, 6.07) is 31.0. The first-order valence-corrected chi connectivity index (χ1v) is 33.2. The standard InChI is InChI=1S/C72H68N4O16.2O.Ru/c1-69(2)85-53-29-77-45-13-9-15-47-65(45)61-37-21-22-38(73-37)62-40-24-26-42(75-40)64-44-28-27-43(76-44)63(41-25-23-39(61)74-41)67-49(81-33-57-55(31-79-47)87-70(3,4)89-57)17-11-19-51(67)83-35-59-60(92-72(7,8)91-59)36-84-52-20-12-18-50(68(52)64)82-34-58-56(88-71(5,6)90-58)32-80-48-16-10-14-46(66(48)62)78-30-54(53)86-69;;;/h9-28,53-60H,29-36H2,1-8H3;;;/q-2;;;/t53-,54-,55-,56-,57-,58-,59+,60+;;;/m1.../s1. The van der Waals surface area contributed by atoms with Gasteiger partial charge in [-0.05, 0) is 128 Å². The Hall–Kier alpha value is -8.22. The Morgan fingerprint density at radius 2 is 0.558 bits per heavy atom. The molecule has 494 valence electrons. The molecule has 4 aromatic carbocycles. The first-order valence-electron chi connectivity index (χ1n) is 31.8. The summed E-state index contributed by atoms with van der Waals surface area (Å²) in [5, 5.41) is 1.07. The van der Waals surface area contributed by atoms with Gasteiger partial charge in [-0.3, -0.25) is 0 Å². The molecule has 6 aromatic rings. The van der Waals surface area contributed by atoms with Crippen LogP contribution in [-0.4, -0.2) is 136 Å². The van der Waals surface area contributed by atoms with E-state index >= 15 is 0 Å². The Morgan fingerprint density at radius 1 is 0.326 bits per heavy atom. The molecule has 23 heteroatoms. The predicted molar refractivity (Wildman–Crippen MR) is 335 cm³/mol. The molecule has 13 heterocycles. The molecule has 17 rings (SSSR count). The van der Waals surface area contributed by atoms with Crippen molar-refractivity contribution in [1.82, 2.24) is 9.97 Å². The van der Waals surface area contributed by atoms with Gasteiger partial charge in [-0.15, -0.1) is 22.1 Å². The van der Waals surface area contributed by atoms with E-state index in [9.17, 15) is 0 Å². The predicted octanol–water partition coefficient (Wildman–Crippen LogP) is 8.18. The van der Waals surface area contributed by atoms with Crippen molar-refractivity contribution in [3.63, 3.8) is 0 Å². The second-order valence-electron chi connectivity index (χ2n) is 26.3. The van der Waals surface area contributed by atoms with Crippen LogP contribution in [0.15, 0.2) is 143 Å². The maximum absolute atomic E-state index is 8.46. The van der Waals surface area contributed by atoms with Gasteiger partial charge < -0.3 is 85.8 Å². The van der Waals surface area contributed by atoms with Crippen LogP contribution in [0.3, 0.4) is 0 Å². The van der Waals surface area contributed by atoms with Gasteiger partial charge in [0.25, 0.3) is 0 Å². The Balaban J connectivity index is 0.00000233. The zero-order valence-electron chi connectivity index (χ0n) is 53.3. The second-order valence-corrected chi connectivity index (χ2v) is 26.6. The minimum absolute atomic E-state index is 0.0551. The molecule has 32 bridgehead atoms. The van der Waals surface area contributed by atoms with E-state index in [1.165, 1.54) is 0 Å². The first kappa shape index (κ1) is 61.6. The monoisotopic (exact) mass is 1380 g/mol. The van der Waals surface area contributed by atoms with Crippen molar-refractivity contribution in [2.75, 3.05) is 52.9 Å². The van der Waals surface area contributed by atoms with E-state index in [1.54, 1.807) is 0 Å². The number of ether oxygens (including phenoxy) is 16. The third-order valence-electron chi connectivity index (χ3n) is 17.9. The molecule has 8 atom stereocenters. The summed E-state index contributed by atoms with van der Waals surface area (Å²) in [6.45, 7) is 15.6. The molecule has 0 saturated carbocycles. The van der Waals surface area contributed by atoms with Crippen LogP contribution in [-0.2, 0) is 62.1 Å². The normalized spacial score (nSPS) is 27.5. The van der Waals surface area contributed by atoms with Crippen molar-refractivity contribution in [3.05, 3.63) is 177 Å². The van der Waals surface area contributed by atoms with Gasteiger partial charge in [0, 0.05) is 22.3 Å². The number of aromatic nitrogens is 2. The minimum atomic E-state index is -1.79. The van der Waals surface area contributed by atoms with Gasteiger partial charge in [0.05, 0.1) is 45.1 Å². The summed E-state index contributed by atoms with van der Waals surface area (Å²) < 4.78 is 127. The van der Waals surface area contributed by atoms with Gasteiger partial charge in [-0.1, -0.05) is 48.5 Å². The molecule has 0 N–H and O–H groups in total. The Kier molecular flexibility index (Phi) is 15.5. The van der Waals surface area contributed by atoms with E-state index in [-0.39, 0.29) is 52.9 Å². The molecule has 0 unspecified atom stereocenters. The van der Waals surface area contributed by atoms with Crippen LogP contribution in [0.5, 0.6) is 46.0 Å². The number of hydrogen-bond donors (Lipinski definition) is 0. The zero-order valence-corrected chi connectivity index (χ0v) is 55.1. The number of allylic oxidation sites excluding steroid dienone is 4. The van der Waals surface area contributed by atoms with E-state index in [2.05, 4.69) is 0 Å². The second kappa shape index (κ2) is 23.9. The van der Waals surface area contributed by atoms with Crippen LogP contribution in [0.2, 0.25) is 0 Å². The van der Waals surface area contributed by atoms with Gasteiger partial charge >= 0.3 is 24.2 Å². The Morgan fingerprint density at radius 3 is 0.800 bits per heavy atom. The summed E-state index contributed by atoms with van der Waals surface area (Å²) >= 11 is -1.79. The Labute approximate surface area is 554 Å². The van der Waals surface area contributed by atoms with Gasteiger partial charge in [-0.2, -0.15) is 0 Å². The van der Waals surface area contributed by atoms with Crippen molar-refractivity contribution in [2.24, 2.45) is 9.98 Å². The number of nitrogens with zero attached hydrogens (tertiary/aromatic N) is 4. The summed E-state index contributed by atoms with van der Waals surface area (Å²) in [4.78, 5) is 22.9. The zero-order chi connectivity index (χ0) is 65.1. The van der Waals surface area contributed by atoms with Crippen molar-refractivity contribution in [2.45, 2.75) is 127 Å². The molecule has 11 aliphatic heterocycles. The van der Waals surface area contributed by atoms with Crippen molar-refractivity contribution in [1.29, 1.82) is 0 Å². The molecule has 3 saturated heterocycles. The van der Waals surface area contributed by atoms with Crippen LogP contribution in [0.4, 0.5) is 0 Å². The number of benzene rings is 4. The van der Waals surface area contributed by atoms with Gasteiger partial charge in [-0.25, -0.2) is 9.98 Å². The first-order chi connectivity index (χ1) is 45.8. The van der Waals surface area contributed by atoms with E-state index in [0.717, 1.165) is 0 Å². The van der Waals surface area contributed by atoms with Crippen LogP contribution >= 0.6 is 0 Å². The fourth-order valence-corrected chi connectivity index (χ4v) is 14.2. The number of fused-ring (bicyclic) bond motifs is 13. The maximum atomic E-state index is 8.46. The molecule has 95 heavy (non-hydrogen) atoms. The molecular weight excluding hydrogens is 1310 g/mol. The molecule has 0 aliphatic carbocycles. The molecule has 0 radical (unpaired) electrons. The molecule has 22 nitrogen and oxygen atoms in total. The average molecular weight is 1380 g/mol. The molecular formula is C72H68N4O18Ru-2. The summed E-state index contributed by atoms with van der Waals surface area (Å²) in [5.74, 6) is -0.238. The van der Waals surface area contributed by atoms with Gasteiger partial charge in [0.1, 0.15) is 148 Å². The molecule has 0 amide bonds. The fraction of sp³-hybridized carbons (Fsp3) is 0.389. The fourth-order valence-electron chi connectivity index (χ4n) is 14.2. The van der Waals surface area contributed by atoms with Gasteiger partial charge in [0.15, 0.2) is 23.1 Å². The van der Waals surface area contributed by atoms with E-state index in [4.69, 9.17) is 103 Å². The van der Waals surface area contributed by atoms with Crippen molar-refractivity contribution < 1.29 is 100.0 Å². The quantitative estimate of drug-likeness (QED) is 0.130. The molecule has 11 aliphatic rings. The SMILES string of the molecule is CC1(C)O[C@H]2COc3cccc4c3C3=C5C=CC(=N5)C5=c6ccc([n-]6)=C6C7=NC(=C(c8ccc3[n-]8)c3c(cccc3OC[C@H]3OC(C)(C)O[C@@H]3COc3cccc(c36)OC[C@H]3OC(C)(C)O[C@@H]3COc3cccc(c35)OC[C@@H]2O1)OC[C@H]1OC(C)(C)O[C@@H]1CO4)C=C7.[O]=[Ru]=[O]. The summed E-state index contributed by atoms with van der Waals surface area (Å²) in [7, 11) is 0. The van der Waals surface area contributed by atoms with Crippen LogP contribution in [0.25, 0.3) is 22.3 Å². The number of aliphatic imine (C=N–C) groups is 2. The molecule has 0 spiro atoms.